The zero-order valence-corrected chi connectivity index (χ0v) is 9.12. The predicted molar refractivity (Wildman–Crippen MR) is 59.9 cm³/mol. The highest BCUT2D eigenvalue weighted by Crippen LogP contribution is 2.26. The summed E-state index contributed by atoms with van der Waals surface area (Å²) in [6, 6.07) is 5.69. The summed E-state index contributed by atoms with van der Waals surface area (Å²) < 4.78 is 0. The van der Waals surface area contributed by atoms with E-state index in [0.29, 0.717) is 6.42 Å². The molecule has 0 atom stereocenters. The van der Waals surface area contributed by atoms with Crippen molar-refractivity contribution in [2.45, 2.75) is 13.3 Å². The van der Waals surface area contributed by atoms with E-state index in [1.54, 1.807) is 17.5 Å². The lowest BCUT2D eigenvalue weighted by Crippen LogP contribution is -1.89. The normalized spacial score (nSPS) is 10.2. The fraction of sp³-hybridized carbons (Fsp3) is 0.182. The Morgan fingerprint density at radius 2 is 2.33 bits per heavy atom. The zero-order chi connectivity index (χ0) is 10.7. The molecule has 3 nitrogen and oxygen atoms in total. The van der Waals surface area contributed by atoms with Crippen LogP contribution < -0.4 is 0 Å². The smallest absolute Gasteiger partial charge is 0.125 e. The summed E-state index contributed by atoms with van der Waals surface area (Å²) in [5, 5.41) is 0.965. The highest BCUT2D eigenvalue weighted by atomic mass is 32.1. The number of hydrogen-bond donors (Lipinski definition) is 0. The van der Waals surface area contributed by atoms with Gasteiger partial charge in [-0.05, 0) is 19.1 Å². The van der Waals surface area contributed by atoms with Crippen LogP contribution >= 0.6 is 11.3 Å². The van der Waals surface area contributed by atoms with Crippen molar-refractivity contribution in [3.63, 3.8) is 0 Å². The average molecular weight is 218 g/mol. The summed E-state index contributed by atoms with van der Waals surface area (Å²) in [4.78, 5) is 20.1. The highest BCUT2D eigenvalue weighted by molar-refractivity contribution is 7.12. The lowest BCUT2D eigenvalue weighted by molar-refractivity contribution is -0.107. The van der Waals surface area contributed by atoms with Gasteiger partial charge < -0.3 is 4.79 Å². The van der Waals surface area contributed by atoms with Crippen LogP contribution in [0.2, 0.25) is 0 Å². The molecule has 0 saturated carbocycles. The van der Waals surface area contributed by atoms with Crippen LogP contribution in [0.4, 0.5) is 0 Å². The molecule has 0 unspecified atom stereocenters. The number of hydrogen-bond acceptors (Lipinski definition) is 4. The first kappa shape index (κ1) is 9.98. The quantitative estimate of drug-likeness (QED) is 0.742. The highest BCUT2D eigenvalue weighted by Gasteiger charge is 2.11. The molecule has 0 radical (unpaired) electrons. The van der Waals surface area contributed by atoms with Gasteiger partial charge in [-0.2, -0.15) is 0 Å². The number of rotatable bonds is 3. The first-order valence-corrected chi connectivity index (χ1v) is 5.44. The Morgan fingerprint density at radius 3 is 3.00 bits per heavy atom. The van der Waals surface area contributed by atoms with Crippen LogP contribution in [0.5, 0.6) is 0 Å². The molecule has 2 aromatic rings. The number of aromatic nitrogens is 2. The number of aldehydes is 1. The van der Waals surface area contributed by atoms with Crippen LogP contribution in [0.3, 0.4) is 0 Å². The van der Waals surface area contributed by atoms with E-state index in [1.165, 1.54) is 0 Å². The van der Waals surface area contributed by atoms with Gasteiger partial charge in [0.2, 0.25) is 0 Å². The van der Waals surface area contributed by atoms with Gasteiger partial charge in [-0.25, -0.2) is 4.98 Å². The maximum Gasteiger partial charge on any atom is 0.125 e. The van der Waals surface area contributed by atoms with Gasteiger partial charge in [0.25, 0.3) is 0 Å². The molecule has 0 saturated heterocycles. The van der Waals surface area contributed by atoms with E-state index in [1.807, 2.05) is 25.1 Å². The standard InChI is InChI=1S/C11H10N2OS/c1-8-13-11(10(15-8)5-7-14)9-4-2-3-6-12-9/h2-4,6-7H,5H2,1H3. The second-order valence-corrected chi connectivity index (χ2v) is 4.38. The van der Waals surface area contributed by atoms with E-state index in [0.717, 1.165) is 27.6 Å². The van der Waals surface area contributed by atoms with E-state index in [-0.39, 0.29) is 0 Å². The maximum atomic E-state index is 10.5. The van der Waals surface area contributed by atoms with Crippen molar-refractivity contribution in [3.05, 3.63) is 34.3 Å². The van der Waals surface area contributed by atoms with Gasteiger partial charge in [-0.1, -0.05) is 6.07 Å². The van der Waals surface area contributed by atoms with Gasteiger partial charge in [0.05, 0.1) is 10.7 Å². The molecule has 0 spiro atoms. The summed E-state index contributed by atoms with van der Waals surface area (Å²) in [5.41, 5.74) is 1.67. The molecule has 15 heavy (non-hydrogen) atoms. The number of carbonyl (C=O) groups is 1. The third kappa shape index (κ3) is 2.10. The van der Waals surface area contributed by atoms with Crippen LogP contribution in [0.1, 0.15) is 9.88 Å². The average Bonchev–Trinajstić information content (AvgIpc) is 2.62. The van der Waals surface area contributed by atoms with Crippen LogP contribution in [0.25, 0.3) is 11.4 Å². The molecule has 4 heteroatoms. The van der Waals surface area contributed by atoms with Crippen molar-refractivity contribution < 1.29 is 4.79 Å². The molecule has 0 aromatic carbocycles. The second-order valence-electron chi connectivity index (χ2n) is 3.09. The van der Waals surface area contributed by atoms with Crippen molar-refractivity contribution in [3.8, 4) is 11.4 Å². The number of thiazole rings is 1. The summed E-state index contributed by atoms with van der Waals surface area (Å²) >= 11 is 1.55. The predicted octanol–water partition coefficient (Wildman–Crippen LogP) is 2.25. The van der Waals surface area contributed by atoms with E-state index >= 15 is 0 Å². The maximum absolute atomic E-state index is 10.5. The fourth-order valence-corrected chi connectivity index (χ4v) is 2.28. The van der Waals surface area contributed by atoms with E-state index in [2.05, 4.69) is 9.97 Å². The minimum Gasteiger partial charge on any atom is -0.303 e. The number of nitrogens with zero attached hydrogens (tertiary/aromatic N) is 2. The lowest BCUT2D eigenvalue weighted by atomic mass is 10.2. The van der Waals surface area contributed by atoms with Crippen LogP contribution in [0, 0.1) is 6.92 Å². The van der Waals surface area contributed by atoms with Crippen molar-refractivity contribution in [2.75, 3.05) is 0 Å². The third-order valence-electron chi connectivity index (χ3n) is 1.98. The Labute approximate surface area is 91.8 Å². The molecule has 0 bridgehead atoms. The van der Waals surface area contributed by atoms with Gasteiger partial charge >= 0.3 is 0 Å². The van der Waals surface area contributed by atoms with Crippen LogP contribution in [0.15, 0.2) is 24.4 Å². The Hall–Kier alpha value is -1.55. The molecule has 0 N–H and O–H groups in total. The fourth-order valence-electron chi connectivity index (χ4n) is 1.39. The van der Waals surface area contributed by atoms with Gasteiger partial charge in [0.15, 0.2) is 0 Å². The van der Waals surface area contributed by atoms with Crippen molar-refractivity contribution in [1.82, 2.24) is 9.97 Å². The Balaban J connectivity index is 2.47. The van der Waals surface area contributed by atoms with Gasteiger partial charge in [0.1, 0.15) is 12.0 Å². The lowest BCUT2D eigenvalue weighted by Gasteiger charge is -1.97. The molecule has 0 aliphatic rings. The molecule has 2 heterocycles. The Bertz CT molecular complexity index is 465. The van der Waals surface area contributed by atoms with Gasteiger partial charge in [-0.3, -0.25) is 4.98 Å². The molecule has 0 aliphatic heterocycles. The van der Waals surface area contributed by atoms with Crippen molar-refractivity contribution in [1.29, 1.82) is 0 Å². The molecule has 0 amide bonds. The van der Waals surface area contributed by atoms with Gasteiger partial charge in [0, 0.05) is 17.5 Å². The van der Waals surface area contributed by atoms with Crippen molar-refractivity contribution >= 4 is 17.6 Å². The summed E-state index contributed by atoms with van der Waals surface area (Å²) in [7, 11) is 0. The number of aryl methyl sites for hydroxylation is 1. The molecular weight excluding hydrogens is 208 g/mol. The van der Waals surface area contributed by atoms with Gasteiger partial charge in [-0.15, -0.1) is 11.3 Å². The minimum atomic E-state index is 0.414. The van der Waals surface area contributed by atoms with Crippen molar-refractivity contribution in [2.24, 2.45) is 0 Å². The Kier molecular flexibility index (Phi) is 2.87. The molecule has 0 aliphatic carbocycles. The zero-order valence-electron chi connectivity index (χ0n) is 8.30. The van der Waals surface area contributed by atoms with E-state index in [4.69, 9.17) is 0 Å². The van der Waals surface area contributed by atoms with Crippen LogP contribution in [-0.2, 0) is 11.2 Å². The minimum absolute atomic E-state index is 0.414. The molecule has 76 valence electrons. The molecule has 0 fully saturated rings. The molecular formula is C11H10N2OS. The van der Waals surface area contributed by atoms with E-state index in [9.17, 15) is 4.79 Å². The molecule has 2 aromatic heterocycles. The van der Waals surface area contributed by atoms with Crippen LogP contribution in [-0.4, -0.2) is 16.3 Å². The Morgan fingerprint density at radius 1 is 1.47 bits per heavy atom. The number of carbonyl (C=O) groups excluding carboxylic acids is 1. The summed E-state index contributed by atoms with van der Waals surface area (Å²) in [6.45, 7) is 1.94. The largest absolute Gasteiger partial charge is 0.303 e. The monoisotopic (exact) mass is 218 g/mol. The molecule has 2 rings (SSSR count). The second kappa shape index (κ2) is 4.31. The topological polar surface area (TPSA) is 42.9 Å². The third-order valence-corrected chi connectivity index (χ3v) is 2.97. The summed E-state index contributed by atoms with van der Waals surface area (Å²) in [6.07, 6.45) is 3.05. The number of pyridine rings is 1. The van der Waals surface area contributed by atoms with E-state index < -0.39 is 0 Å². The SMILES string of the molecule is Cc1nc(-c2ccccn2)c(CC=O)s1. The first-order valence-electron chi connectivity index (χ1n) is 4.62. The first-order chi connectivity index (χ1) is 7.31. The summed E-state index contributed by atoms with van der Waals surface area (Å²) in [5.74, 6) is 0.